The number of benzene rings is 1. The van der Waals surface area contributed by atoms with Crippen molar-refractivity contribution in [2.24, 2.45) is 17.6 Å². The molecule has 3 heteroatoms. The monoisotopic (exact) mass is 274 g/mol. The minimum atomic E-state index is -0.556. The molecule has 2 rings (SSSR count). The fourth-order valence-electron chi connectivity index (χ4n) is 3.12. The van der Waals surface area contributed by atoms with Gasteiger partial charge in [-0.2, -0.15) is 0 Å². The molecular formula is C17H26N2O. The molecule has 1 amide bonds. The van der Waals surface area contributed by atoms with Gasteiger partial charge in [-0.1, -0.05) is 62.9 Å². The van der Waals surface area contributed by atoms with E-state index in [0.29, 0.717) is 0 Å². The summed E-state index contributed by atoms with van der Waals surface area (Å²) in [6, 6.07) is 8.98. The SMILES string of the molecule is CC1CCCCC1CCNC(=O)C(N)c1ccccc1. The maximum absolute atomic E-state index is 12.0. The normalized spacial score (nSPS) is 24.1. The molecule has 0 spiro atoms. The van der Waals surface area contributed by atoms with Crippen LogP contribution in [-0.2, 0) is 4.79 Å². The van der Waals surface area contributed by atoms with Crippen LogP contribution in [0.5, 0.6) is 0 Å². The highest BCUT2D eigenvalue weighted by Crippen LogP contribution is 2.31. The largest absolute Gasteiger partial charge is 0.354 e. The Morgan fingerprint density at radius 1 is 1.30 bits per heavy atom. The van der Waals surface area contributed by atoms with Crippen LogP contribution in [-0.4, -0.2) is 12.5 Å². The fraction of sp³-hybridized carbons (Fsp3) is 0.588. The second kappa shape index (κ2) is 7.44. The summed E-state index contributed by atoms with van der Waals surface area (Å²) in [6.45, 7) is 3.08. The number of nitrogens with one attached hydrogen (secondary N) is 1. The fourth-order valence-corrected chi connectivity index (χ4v) is 3.12. The van der Waals surface area contributed by atoms with Crippen molar-refractivity contribution in [3.05, 3.63) is 35.9 Å². The van der Waals surface area contributed by atoms with Crippen molar-refractivity contribution in [1.29, 1.82) is 0 Å². The Morgan fingerprint density at radius 2 is 2.00 bits per heavy atom. The van der Waals surface area contributed by atoms with Crippen LogP contribution in [0, 0.1) is 11.8 Å². The van der Waals surface area contributed by atoms with E-state index < -0.39 is 6.04 Å². The number of nitrogens with two attached hydrogens (primary N) is 1. The van der Waals surface area contributed by atoms with E-state index >= 15 is 0 Å². The number of hydrogen-bond acceptors (Lipinski definition) is 2. The lowest BCUT2D eigenvalue weighted by atomic mass is 9.79. The van der Waals surface area contributed by atoms with Crippen LogP contribution in [0.4, 0.5) is 0 Å². The van der Waals surface area contributed by atoms with Gasteiger partial charge >= 0.3 is 0 Å². The summed E-state index contributed by atoms with van der Waals surface area (Å²) in [7, 11) is 0. The quantitative estimate of drug-likeness (QED) is 0.867. The molecule has 1 fully saturated rings. The van der Waals surface area contributed by atoms with E-state index in [1.54, 1.807) is 0 Å². The Hall–Kier alpha value is -1.35. The second-order valence-electron chi connectivity index (χ2n) is 5.99. The number of hydrogen-bond donors (Lipinski definition) is 2. The summed E-state index contributed by atoms with van der Waals surface area (Å²) in [5, 5.41) is 2.98. The van der Waals surface area contributed by atoms with Gasteiger partial charge < -0.3 is 11.1 Å². The third-order valence-electron chi connectivity index (χ3n) is 4.54. The molecule has 0 bridgehead atoms. The van der Waals surface area contributed by atoms with E-state index in [4.69, 9.17) is 5.73 Å². The predicted octanol–water partition coefficient (Wildman–Crippen LogP) is 3.02. The Kier molecular flexibility index (Phi) is 5.60. The molecule has 1 aliphatic carbocycles. The zero-order chi connectivity index (χ0) is 14.4. The summed E-state index contributed by atoms with van der Waals surface area (Å²) < 4.78 is 0. The van der Waals surface area contributed by atoms with Crippen molar-refractivity contribution in [1.82, 2.24) is 5.32 Å². The van der Waals surface area contributed by atoms with Crippen LogP contribution in [0.3, 0.4) is 0 Å². The second-order valence-corrected chi connectivity index (χ2v) is 5.99. The van der Waals surface area contributed by atoms with Crippen LogP contribution in [0.15, 0.2) is 30.3 Å². The van der Waals surface area contributed by atoms with E-state index in [1.165, 1.54) is 25.7 Å². The molecule has 0 aliphatic heterocycles. The molecule has 110 valence electrons. The molecule has 20 heavy (non-hydrogen) atoms. The molecule has 0 heterocycles. The molecular weight excluding hydrogens is 248 g/mol. The highest BCUT2D eigenvalue weighted by atomic mass is 16.2. The minimum Gasteiger partial charge on any atom is -0.354 e. The molecule has 1 aromatic rings. The number of carbonyl (C=O) groups excluding carboxylic acids is 1. The molecule has 3 N–H and O–H groups in total. The molecule has 3 nitrogen and oxygen atoms in total. The zero-order valence-electron chi connectivity index (χ0n) is 12.3. The third kappa shape index (κ3) is 4.07. The van der Waals surface area contributed by atoms with Gasteiger partial charge in [-0.15, -0.1) is 0 Å². The Labute approximate surface area is 121 Å². The Morgan fingerprint density at radius 3 is 2.70 bits per heavy atom. The van der Waals surface area contributed by atoms with Crippen molar-refractivity contribution in [3.63, 3.8) is 0 Å². The standard InChI is InChI=1S/C17H26N2O/c1-13-7-5-6-8-14(13)11-12-19-17(20)16(18)15-9-3-2-4-10-15/h2-4,9-10,13-14,16H,5-8,11-12,18H2,1H3,(H,19,20). The van der Waals surface area contributed by atoms with E-state index in [9.17, 15) is 4.79 Å². The lowest BCUT2D eigenvalue weighted by Crippen LogP contribution is -2.35. The third-order valence-corrected chi connectivity index (χ3v) is 4.54. The molecule has 1 saturated carbocycles. The summed E-state index contributed by atoms with van der Waals surface area (Å²) >= 11 is 0. The van der Waals surface area contributed by atoms with Crippen molar-refractivity contribution >= 4 is 5.91 Å². The summed E-state index contributed by atoms with van der Waals surface area (Å²) in [4.78, 5) is 12.0. The number of carbonyl (C=O) groups is 1. The van der Waals surface area contributed by atoms with Crippen LogP contribution < -0.4 is 11.1 Å². The maximum atomic E-state index is 12.0. The summed E-state index contributed by atoms with van der Waals surface area (Å²) in [5.74, 6) is 1.49. The molecule has 0 aromatic heterocycles. The minimum absolute atomic E-state index is 0.0698. The number of rotatable bonds is 5. The first-order chi connectivity index (χ1) is 9.68. The average molecular weight is 274 g/mol. The molecule has 3 atom stereocenters. The van der Waals surface area contributed by atoms with Gasteiger partial charge in [0.15, 0.2) is 0 Å². The van der Waals surface area contributed by atoms with Gasteiger partial charge in [-0.05, 0) is 23.8 Å². The Balaban J connectivity index is 1.75. The zero-order valence-corrected chi connectivity index (χ0v) is 12.3. The number of amides is 1. The predicted molar refractivity (Wildman–Crippen MR) is 82.1 cm³/mol. The van der Waals surface area contributed by atoms with Crippen LogP contribution in [0.1, 0.15) is 50.6 Å². The van der Waals surface area contributed by atoms with Gasteiger partial charge in [-0.25, -0.2) is 0 Å². The molecule has 0 saturated heterocycles. The van der Waals surface area contributed by atoms with Gasteiger partial charge in [0.25, 0.3) is 0 Å². The van der Waals surface area contributed by atoms with E-state index in [-0.39, 0.29) is 5.91 Å². The van der Waals surface area contributed by atoms with Gasteiger partial charge in [-0.3, -0.25) is 4.79 Å². The van der Waals surface area contributed by atoms with Gasteiger partial charge in [0, 0.05) is 6.54 Å². The molecule has 0 radical (unpaired) electrons. The van der Waals surface area contributed by atoms with Gasteiger partial charge in [0.2, 0.25) is 5.91 Å². The van der Waals surface area contributed by atoms with Gasteiger partial charge in [0.05, 0.1) is 0 Å². The summed E-state index contributed by atoms with van der Waals surface area (Å²) in [5.41, 5.74) is 6.84. The molecule has 3 unspecified atom stereocenters. The topological polar surface area (TPSA) is 55.1 Å². The lowest BCUT2D eigenvalue weighted by Gasteiger charge is -2.28. The van der Waals surface area contributed by atoms with E-state index in [2.05, 4.69) is 12.2 Å². The van der Waals surface area contributed by atoms with Crippen LogP contribution >= 0.6 is 0 Å². The first-order valence-corrected chi connectivity index (χ1v) is 7.76. The highest BCUT2D eigenvalue weighted by molar-refractivity contribution is 5.82. The molecule has 1 aliphatic rings. The maximum Gasteiger partial charge on any atom is 0.241 e. The van der Waals surface area contributed by atoms with Crippen molar-refractivity contribution in [3.8, 4) is 0 Å². The first kappa shape index (κ1) is 15.0. The van der Waals surface area contributed by atoms with Crippen molar-refractivity contribution < 1.29 is 4.79 Å². The first-order valence-electron chi connectivity index (χ1n) is 7.76. The van der Waals surface area contributed by atoms with Crippen molar-refractivity contribution in [2.75, 3.05) is 6.54 Å². The average Bonchev–Trinajstić information content (AvgIpc) is 2.49. The Bertz CT molecular complexity index is 418. The van der Waals surface area contributed by atoms with Gasteiger partial charge in [0.1, 0.15) is 6.04 Å². The van der Waals surface area contributed by atoms with Crippen LogP contribution in [0.2, 0.25) is 0 Å². The van der Waals surface area contributed by atoms with Crippen LogP contribution in [0.25, 0.3) is 0 Å². The summed E-state index contributed by atoms with van der Waals surface area (Å²) in [6.07, 6.45) is 6.42. The van der Waals surface area contributed by atoms with E-state index in [0.717, 1.165) is 30.4 Å². The highest BCUT2D eigenvalue weighted by Gasteiger charge is 2.21. The smallest absolute Gasteiger partial charge is 0.241 e. The molecule has 1 aromatic carbocycles. The lowest BCUT2D eigenvalue weighted by molar-refractivity contribution is -0.122. The van der Waals surface area contributed by atoms with E-state index in [1.807, 2.05) is 30.3 Å². The van der Waals surface area contributed by atoms with Crippen molar-refractivity contribution in [2.45, 2.75) is 45.1 Å².